The highest BCUT2D eigenvalue weighted by atomic mass is 16.5. The molecule has 2 rings (SSSR count). The van der Waals surface area contributed by atoms with Crippen LogP contribution < -0.4 is 0 Å². The third-order valence-electron chi connectivity index (χ3n) is 4.05. The van der Waals surface area contributed by atoms with Gasteiger partial charge in [-0.2, -0.15) is 0 Å². The molecule has 0 spiro atoms. The Labute approximate surface area is 147 Å². The van der Waals surface area contributed by atoms with E-state index in [9.17, 15) is 9.59 Å². The van der Waals surface area contributed by atoms with Gasteiger partial charge < -0.3 is 18.9 Å². The summed E-state index contributed by atoms with van der Waals surface area (Å²) in [5, 5.41) is 0. The number of benzene rings is 1. The average molecular weight is 346 g/mol. The Hall–Kier alpha value is -2.76. The minimum atomic E-state index is -0.810. The van der Waals surface area contributed by atoms with Gasteiger partial charge in [-0.1, -0.05) is 30.3 Å². The van der Waals surface area contributed by atoms with Gasteiger partial charge in [0.2, 0.25) is 0 Å². The Kier molecular flexibility index (Phi) is 6.22. The quantitative estimate of drug-likeness (QED) is 0.737. The van der Waals surface area contributed by atoms with E-state index in [4.69, 9.17) is 18.9 Å². The molecule has 1 aliphatic rings. The lowest BCUT2D eigenvalue weighted by Gasteiger charge is -2.32. The number of rotatable bonds is 6. The summed E-state index contributed by atoms with van der Waals surface area (Å²) in [6, 6.07) is 9.21. The van der Waals surface area contributed by atoms with E-state index in [-0.39, 0.29) is 12.2 Å². The number of carbonyl (C=O) groups is 2. The standard InChI is InChI=1S/C19H22O6/c1-5-25-19(21)17-14(23-3)11-13(22-2)16(18(20)24-4)15(17)12-9-7-6-8-10-12/h6-11,15-16H,5H2,1-4H3. The van der Waals surface area contributed by atoms with Crippen molar-refractivity contribution >= 4 is 11.9 Å². The zero-order valence-electron chi connectivity index (χ0n) is 14.8. The molecule has 0 radical (unpaired) electrons. The van der Waals surface area contributed by atoms with Crippen LogP contribution in [0.2, 0.25) is 0 Å². The molecule has 2 atom stereocenters. The number of methoxy groups -OCH3 is 3. The van der Waals surface area contributed by atoms with E-state index in [1.165, 1.54) is 27.4 Å². The van der Waals surface area contributed by atoms with E-state index in [2.05, 4.69) is 0 Å². The molecular formula is C19H22O6. The van der Waals surface area contributed by atoms with E-state index < -0.39 is 23.8 Å². The van der Waals surface area contributed by atoms with Crippen molar-refractivity contribution in [2.24, 2.45) is 5.92 Å². The molecule has 6 nitrogen and oxygen atoms in total. The normalized spacial score (nSPS) is 19.8. The summed E-state index contributed by atoms with van der Waals surface area (Å²) in [7, 11) is 4.22. The first-order valence-electron chi connectivity index (χ1n) is 7.92. The maximum atomic E-state index is 12.6. The van der Waals surface area contributed by atoms with Gasteiger partial charge in [0, 0.05) is 12.0 Å². The average Bonchev–Trinajstić information content (AvgIpc) is 2.66. The molecule has 0 amide bonds. The number of hydrogen-bond acceptors (Lipinski definition) is 6. The van der Waals surface area contributed by atoms with Crippen molar-refractivity contribution in [3.05, 3.63) is 59.1 Å². The summed E-state index contributed by atoms with van der Waals surface area (Å²) < 4.78 is 20.9. The Morgan fingerprint density at radius 1 is 1.04 bits per heavy atom. The first kappa shape index (κ1) is 18.6. The molecule has 134 valence electrons. The highest BCUT2D eigenvalue weighted by Crippen LogP contribution is 2.43. The number of allylic oxidation sites excluding steroid dienone is 1. The monoisotopic (exact) mass is 346 g/mol. The Morgan fingerprint density at radius 2 is 1.72 bits per heavy atom. The molecule has 2 unspecified atom stereocenters. The molecule has 0 fully saturated rings. The third-order valence-corrected chi connectivity index (χ3v) is 4.05. The van der Waals surface area contributed by atoms with Gasteiger partial charge in [0.15, 0.2) is 0 Å². The van der Waals surface area contributed by atoms with Gasteiger partial charge in [-0.3, -0.25) is 4.79 Å². The number of carbonyl (C=O) groups excluding carboxylic acids is 2. The van der Waals surface area contributed by atoms with Crippen LogP contribution in [0.25, 0.3) is 0 Å². The summed E-state index contributed by atoms with van der Waals surface area (Å²) in [5.41, 5.74) is 1.03. The lowest BCUT2D eigenvalue weighted by Crippen LogP contribution is -2.34. The molecule has 6 heteroatoms. The summed E-state index contributed by atoms with van der Waals surface area (Å²) in [6.07, 6.45) is 1.54. The molecular weight excluding hydrogens is 324 g/mol. The number of hydrogen-bond donors (Lipinski definition) is 0. The molecule has 1 aliphatic carbocycles. The molecule has 0 aliphatic heterocycles. The number of esters is 2. The zero-order valence-corrected chi connectivity index (χ0v) is 14.8. The van der Waals surface area contributed by atoms with Crippen molar-refractivity contribution in [1.29, 1.82) is 0 Å². The maximum absolute atomic E-state index is 12.6. The first-order valence-corrected chi connectivity index (χ1v) is 7.92. The largest absolute Gasteiger partial charge is 0.500 e. The minimum absolute atomic E-state index is 0.213. The van der Waals surface area contributed by atoms with E-state index in [1.54, 1.807) is 6.92 Å². The minimum Gasteiger partial charge on any atom is -0.500 e. The van der Waals surface area contributed by atoms with Crippen molar-refractivity contribution in [3.8, 4) is 0 Å². The van der Waals surface area contributed by atoms with Crippen LogP contribution in [-0.4, -0.2) is 39.9 Å². The predicted molar refractivity (Wildman–Crippen MR) is 90.4 cm³/mol. The van der Waals surface area contributed by atoms with Gasteiger partial charge in [-0.05, 0) is 12.5 Å². The summed E-state index contributed by atoms with van der Waals surface area (Å²) in [4.78, 5) is 25.1. The smallest absolute Gasteiger partial charge is 0.338 e. The molecule has 25 heavy (non-hydrogen) atoms. The highest BCUT2D eigenvalue weighted by molar-refractivity contribution is 5.94. The fourth-order valence-electron chi connectivity index (χ4n) is 2.97. The lowest BCUT2D eigenvalue weighted by molar-refractivity contribution is -0.146. The van der Waals surface area contributed by atoms with E-state index in [0.29, 0.717) is 11.5 Å². The summed E-state index contributed by atoms with van der Waals surface area (Å²) in [5.74, 6) is -1.80. The van der Waals surface area contributed by atoms with Gasteiger partial charge in [0.25, 0.3) is 0 Å². The van der Waals surface area contributed by atoms with Crippen LogP contribution >= 0.6 is 0 Å². The van der Waals surface area contributed by atoms with Crippen LogP contribution in [0.3, 0.4) is 0 Å². The third kappa shape index (κ3) is 3.68. The van der Waals surface area contributed by atoms with Gasteiger partial charge in [0.1, 0.15) is 17.4 Å². The van der Waals surface area contributed by atoms with Gasteiger partial charge in [-0.15, -0.1) is 0 Å². The second-order valence-electron chi connectivity index (χ2n) is 5.34. The topological polar surface area (TPSA) is 71.1 Å². The molecule has 1 aromatic carbocycles. The molecule has 0 N–H and O–H groups in total. The Balaban J connectivity index is 2.70. The summed E-state index contributed by atoms with van der Waals surface area (Å²) in [6.45, 7) is 1.93. The van der Waals surface area contributed by atoms with Crippen molar-refractivity contribution in [2.45, 2.75) is 12.8 Å². The van der Waals surface area contributed by atoms with Gasteiger partial charge in [-0.25, -0.2) is 4.79 Å². The van der Waals surface area contributed by atoms with Crippen molar-refractivity contribution < 1.29 is 28.5 Å². The number of ether oxygens (including phenoxy) is 4. The fraction of sp³-hybridized carbons (Fsp3) is 0.368. The van der Waals surface area contributed by atoms with E-state index >= 15 is 0 Å². The van der Waals surface area contributed by atoms with Crippen LogP contribution in [0, 0.1) is 5.92 Å². The molecule has 0 heterocycles. The molecule has 0 saturated carbocycles. The van der Waals surface area contributed by atoms with Crippen molar-refractivity contribution in [1.82, 2.24) is 0 Å². The zero-order chi connectivity index (χ0) is 18.4. The second kappa shape index (κ2) is 8.37. The van der Waals surface area contributed by atoms with Crippen molar-refractivity contribution in [2.75, 3.05) is 27.9 Å². The van der Waals surface area contributed by atoms with Crippen LogP contribution in [0.15, 0.2) is 53.5 Å². The van der Waals surface area contributed by atoms with Gasteiger partial charge >= 0.3 is 11.9 Å². The van der Waals surface area contributed by atoms with E-state index in [1.807, 2.05) is 30.3 Å². The first-order chi connectivity index (χ1) is 12.1. The lowest BCUT2D eigenvalue weighted by atomic mass is 9.75. The van der Waals surface area contributed by atoms with Crippen LogP contribution in [0.1, 0.15) is 18.4 Å². The molecule has 0 aromatic heterocycles. The van der Waals surface area contributed by atoms with Crippen LogP contribution in [-0.2, 0) is 28.5 Å². The SMILES string of the molecule is CCOC(=O)C1=C(OC)C=C(OC)C(C(=O)OC)C1c1ccccc1. The van der Waals surface area contributed by atoms with Crippen LogP contribution in [0.5, 0.6) is 0 Å². The molecule has 0 bridgehead atoms. The van der Waals surface area contributed by atoms with Crippen LogP contribution in [0.4, 0.5) is 0 Å². The molecule has 0 saturated heterocycles. The summed E-state index contributed by atoms with van der Waals surface area (Å²) >= 11 is 0. The maximum Gasteiger partial charge on any atom is 0.338 e. The highest BCUT2D eigenvalue weighted by Gasteiger charge is 2.44. The Morgan fingerprint density at radius 3 is 2.24 bits per heavy atom. The Bertz CT molecular complexity index is 689. The molecule has 1 aromatic rings. The van der Waals surface area contributed by atoms with E-state index in [0.717, 1.165) is 5.56 Å². The fourth-order valence-corrected chi connectivity index (χ4v) is 2.97. The van der Waals surface area contributed by atoms with Crippen molar-refractivity contribution in [3.63, 3.8) is 0 Å². The van der Waals surface area contributed by atoms with Gasteiger partial charge in [0.05, 0.1) is 33.5 Å². The predicted octanol–water partition coefficient (Wildman–Crippen LogP) is 2.57. The second-order valence-corrected chi connectivity index (χ2v) is 5.34.